The number of fused-ring (bicyclic) bond motifs is 1. The second kappa shape index (κ2) is 8.97. The highest BCUT2D eigenvalue weighted by molar-refractivity contribution is 7.89. The van der Waals surface area contributed by atoms with E-state index in [1.54, 1.807) is 11.3 Å². The fourth-order valence-electron chi connectivity index (χ4n) is 3.78. The summed E-state index contributed by atoms with van der Waals surface area (Å²) in [6.45, 7) is 0.637. The molecule has 1 aliphatic heterocycles. The summed E-state index contributed by atoms with van der Waals surface area (Å²) in [6, 6.07) is 11.7. The van der Waals surface area contributed by atoms with Crippen LogP contribution in [0.25, 0.3) is 10.2 Å². The lowest BCUT2D eigenvalue weighted by atomic mass is 9.99. The molecule has 10 heteroatoms. The number of rotatable bonds is 5. The molecule has 168 valence electrons. The minimum atomic E-state index is -3.92. The minimum Gasteiger partial charge on any atom is -0.465 e. The molecule has 1 aliphatic rings. The lowest BCUT2D eigenvalue weighted by molar-refractivity contribution is 0.0598. The standard InChI is InChI=1S/C22H22N2O6S2/c1-29-21(25)15-11-16(22(26)30-2)13-17(12-15)32(27,28)24-9-7-14(8-10-24)20-23-18-5-3-4-6-19(18)31-20/h3-6,11-14H,7-10H2,1-2H3. The van der Waals surface area contributed by atoms with Crippen molar-refractivity contribution in [3.63, 3.8) is 0 Å². The van der Waals surface area contributed by atoms with E-state index in [9.17, 15) is 18.0 Å². The van der Waals surface area contributed by atoms with Crippen LogP contribution in [0.4, 0.5) is 0 Å². The highest BCUT2D eigenvalue weighted by Crippen LogP contribution is 2.35. The number of carbonyl (C=O) groups excluding carboxylic acids is 2. The molecule has 0 N–H and O–H groups in total. The van der Waals surface area contributed by atoms with E-state index in [0.29, 0.717) is 25.9 Å². The Morgan fingerprint density at radius 1 is 1.00 bits per heavy atom. The van der Waals surface area contributed by atoms with Crippen LogP contribution in [0.2, 0.25) is 0 Å². The van der Waals surface area contributed by atoms with Gasteiger partial charge in [0.15, 0.2) is 0 Å². The van der Waals surface area contributed by atoms with Gasteiger partial charge in [0.1, 0.15) is 0 Å². The largest absolute Gasteiger partial charge is 0.465 e. The van der Waals surface area contributed by atoms with Crippen LogP contribution >= 0.6 is 11.3 Å². The van der Waals surface area contributed by atoms with E-state index in [4.69, 9.17) is 14.5 Å². The quantitative estimate of drug-likeness (QED) is 0.522. The van der Waals surface area contributed by atoms with Crippen molar-refractivity contribution in [2.75, 3.05) is 27.3 Å². The first-order valence-electron chi connectivity index (χ1n) is 10.0. The van der Waals surface area contributed by atoms with Gasteiger partial charge in [0.05, 0.1) is 45.5 Å². The molecule has 0 saturated carbocycles. The molecule has 2 aromatic carbocycles. The number of nitrogens with zero attached hydrogens (tertiary/aromatic N) is 2. The number of para-hydroxylation sites is 1. The minimum absolute atomic E-state index is 0.0293. The van der Waals surface area contributed by atoms with Crippen LogP contribution in [-0.4, -0.2) is 57.0 Å². The molecule has 0 spiro atoms. The van der Waals surface area contributed by atoms with E-state index >= 15 is 0 Å². The average Bonchev–Trinajstić information content (AvgIpc) is 3.27. The van der Waals surface area contributed by atoms with Gasteiger partial charge in [0.25, 0.3) is 0 Å². The van der Waals surface area contributed by atoms with Crippen molar-refractivity contribution in [3.05, 3.63) is 58.6 Å². The average molecular weight is 475 g/mol. The van der Waals surface area contributed by atoms with E-state index in [0.717, 1.165) is 15.2 Å². The summed E-state index contributed by atoms with van der Waals surface area (Å²) < 4.78 is 38.5. The van der Waals surface area contributed by atoms with Crippen LogP contribution in [0, 0.1) is 0 Å². The van der Waals surface area contributed by atoms with Crippen molar-refractivity contribution in [3.8, 4) is 0 Å². The predicted molar refractivity (Wildman–Crippen MR) is 119 cm³/mol. The lowest BCUT2D eigenvalue weighted by Gasteiger charge is -2.30. The number of sulfonamides is 1. The number of ether oxygens (including phenoxy) is 2. The summed E-state index contributed by atoms with van der Waals surface area (Å²) in [5, 5.41) is 1.02. The molecular formula is C22H22N2O6S2. The molecule has 4 rings (SSSR count). The van der Waals surface area contributed by atoms with Gasteiger partial charge < -0.3 is 9.47 Å². The van der Waals surface area contributed by atoms with Crippen LogP contribution in [0.15, 0.2) is 47.4 Å². The van der Waals surface area contributed by atoms with Crippen molar-refractivity contribution in [2.24, 2.45) is 0 Å². The van der Waals surface area contributed by atoms with Crippen LogP contribution in [0.3, 0.4) is 0 Å². The number of benzene rings is 2. The molecule has 32 heavy (non-hydrogen) atoms. The molecule has 0 aliphatic carbocycles. The summed E-state index contributed by atoms with van der Waals surface area (Å²) in [5.41, 5.74) is 0.897. The molecule has 0 unspecified atom stereocenters. The zero-order valence-electron chi connectivity index (χ0n) is 17.6. The van der Waals surface area contributed by atoms with Gasteiger partial charge in [-0.3, -0.25) is 0 Å². The number of carbonyl (C=O) groups is 2. The molecule has 3 aromatic rings. The zero-order valence-corrected chi connectivity index (χ0v) is 19.2. The Bertz CT molecular complexity index is 1210. The molecule has 0 radical (unpaired) electrons. The maximum Gasteiger partial charge on any atom is 0.337 e. The summed E-state index contributed by atoms with van der Waals surface area (Å²) in [5.74, 6) is -1.28. The number of methoxy groups -OCH3 is 2. The molecule has 1 fully saturated rings. The van der Waals surface area contributed by atoms with Crippen molar-refractivity contribution in [1.82, 2.24) is 9.29 Å². The van der Waals surface area contributed by atoms with Crippen LogP contribution in [-0.2, 0) is 19.5 Å². The van der Waals surface area contributed by atoms with Gasteiger partial charge in [-0.25, -0.2) is 23.0 Å². The predicted octanol–water partition coefficient (Wildman–Crippen LogP) is 3.44. The molecule has 8 nitrogen and oxygen atoms in total. The van der Waals surface area contributed by atoms with Gasteiger partial charge in [0, 0.05) is 19.0 Å². The second-order valence-corrected chi connectivity index (χ2v) is 10.4. The molecule has 1 aromatic heterocycles. The van der Waals surface area contributed by atoms with Gasteiger partial charge in [-0.2, -0.15) is 4.31 Å². The Balaban J connectivity index is 1.57. The molecule has 0 atom stereocenters. The maximum atomic E-state index is 13.3. The smallest absolute Gasteiger partial charge is 0.337 e. The van der Waals surface area contributed by atoms with E-state index in [1.807, 2.05) is 24.3 Å². The van der Waals surface area contributed by atoms with Crippen LogP contribution in [0.5, 0.6) is 0 Å². The van der Waals surface area contributed by atoms with Gasteiger partial charge >= 0.3 is 11.9 Å². The van der Waals surface area contributed by atoms with Gasteiger partial charge in [-0.1, -0.05) is 12.1 Å². The Kier molecular flexibility index (Phi) is 6.27. The first kappa shape index (κ1) is 22.4. The first-order chi connectivity index (χ1) is 15.3. The fraction of sp³-hybridized carbons (Fsp3) is 0.318. The van der Waals surface area contributed by atoms with Crippen molar-refractivity contribution >= 4 is 43.5 Å². The number of aromatic nitrogens is 1. The molecule has 0 amide bonds. The SMILES string of the molecule is COC(=O)c1cc(C(=O)OC)cc(S(=O)(=O)N2CCC(c3nc4ccccc4s3)CC2)c1. The van der Waals surface area contributed by atoms with E-state index in [2.05, 4.69) is 0 Å². The highest BCUT2D eigenvalue weighted by Gasteiger charge is 2.32. The summed E-state index contributed by atoms with van der Waals surface area (Å²) >= 11 is 1.64. The summed E-state index contributed by atoms with van der Waals surface area (Å²) in [7, 11) is -1.54. The fourth-order valence-corrected chi connectivity index (χ4v) is 6.45. The highest BCUT2D eigenvalue weighted by atomic mass is 32.2. The van der Waals surface area contributed by atoms with Crippen molar-refractivity contribution in [1.29, 1.82) is 0 Å². The van der Waals surface area contributed by atoms with E-state index < -0.39 is 22.0 Å². The topological polar surface area (TPSA) is 103 Å². The van der Waals surface area contributed by atoms with Crippen LogP contribution in [0.1, 0.15) is 44.5 Å². The van der Waals surface area contributed by atoms with Crippen molar-refractivity contribution in [2.45, 2.75) is 23.7 Å². The second-order valence-electron chi connectivity index (χ2n) is 7.43. The third kappa shape index (κ3) is 4.25. The number of hydrogen-bond donors (Lipinski definition) is 0. The van der Waals surface area contributed by atoms with Gasteiger partial charge in [-0.15, -0.1) is 11.3 Å². The Morgan fingerprint density at radius 3 is 2.16 bits per heavy atom. The number of hydrogen-bond acceptors (Lipinski definition) is 8. The number of piperidine rings is 1. The summed E-state index contributed by atoms with van der Waals surface area (Å²) in [6.07, 6.45) is 1.28. The Labute approximate surface area is 189 Å². The zero-order chi connectivity index (χ0) is 22.9. The molecular weight excluding hydrogens is 452 g/mol. The maximum absolute atomic E-state index is 13.3. The monoisotopic (exact) mass is 474 g/mol. The third-order valence-corrected chi connectivity index (χ3v) is 8.58. The van der Waals surface area contributed by atoms with Gasteiger partial charge in [0.2, 0.25) is 10.0 Å². The number of esters is 2. The Morgan fingerprint density at radius 2 is 1.59 bits per heavy atom. The first-order valence-corrected chi connectivity index (χ1v) is 12.3. The third-order valence-electron chi connectivity index (χ3n) is 5.50. The normalized spacial score (nSPS) is 15.6. The van der Waals surface area contributed by atoms with Gasteiger partial charge in [-0.05, 0) is 43.2 Å². The lowest BCUT2D eigenvalue weighted by Crippen LogP contribution is -2.38. The van der Waals surface area contributed by atoms with Crippen LogP contribution < -0.4 is 0 Å². The van der Waals surface area contributed by atoms with Crippen molar-refractivity contribution < 1.29 is 27.5 Å². The van der Waals surface area contributed by atoms with E-state index in [1.165, 1.54) is 36.7 Å². The Hall–Kier alpha value is -2.82. The summed E-state index contributed by atoms with van der Waals surface area (Å²) in [4.78, 5) is 28.6. The number of thiazole rings is 1. The molecule has 1 saturated heterocycles. The molecule has 2 heterocycles. The van der Waals surface area contributed by atoms with E-state index in [-0.39, 0.29) is 21.9 Å². The molecule has 0 bridgehead atoms.